The van der Waals surface area contributed by atoms with Crippen LogP contribution in [0.2, 0.25) is 0 Å². The van der Waals surface area contributed by atoms with Crippen LogP contribution >= 0.6 is 0 Å². The fourth-order valence-electron chi connectivity index (χ4n) is 0.839. The van der Waals surface area contributed by atoms with E-state index < -0.39 is 16.2 Å². The molecule has 3 N–H and O–H groups in total. The Kier molecular flexibility index (Phi) is 6.98. The summed E-state index contributed by atoms with van der Waals surface area (Å²) in [7, 11) is -4.02. The third kappa shape index (κ3) is 7.06. The van der Waals surface area contributed by atoms with E-state index in [2.05, 4.69) is 0 Å². The highest BCUT2D eigenvalue weighted by Crippen LogP contribution is 2.08. The van der Waals surface area contributed by atoms with Gasteiger partial charge in [-0.15, -0.1) is 0 Å². The predicted octanol–water partition coefficient (Wildman–Crippen LogP) is 0.991. The Balaban J connectivity index is 0.000000366. The minimum absolute atomic E-state index is 0.0666. The van der Waals surface area contributed by atoms with Gasteiger partial charge in [-0.2, -0.15) is 8.42 Å². The zero-order valence-corrected chi connectivity index (χ0v) is 10.7. The van der Waals surface area contributed by atoms with E-state index in [4.69, 9.17) is 14.8 Å². The van der Waals surface area contributed by atoms with E-state index in [-0.39, 0.29) is 11.5 Å². The second-order valence-electron chi connectivity index (χ2n) is 3.53. The van der Waals surface area contributed by atoms with E-state index in [0.29, 0.717) is 6.42 Å². The molecule has 1 rings (SSSR count). The molecule has 0 spiro atoms. The van der Waals surface area contributed by atoms with Crippen LogP contribution in [0.15, 0.2) is 29.2 Å². The Hall–Kier alpha value is -0.950. The van der Waals surface area contributed by atoms with Gasteiger partial charge in [0, 0.05) is 0 Å². The molecule has 0 fully saturated rings. The summed E-state index contributed by atoms with van der Waals surface area (Å²) in [6, 6.07) is 5.99. The molecule has 6 heteroatoms. The molecule has 0 saturated heterocycles. The number of benzene rings is 1. The molecule has 0 saturated carbocycles. The molecule has 0 bridgehead atoms. The molecule has 1 unspecified atom stereocenters. The van der Waals surface area contributed by atoms with Crippen molar-refractivity contribution >= 4 is 10.1 Å². The van der Waals surface area contributed by atoms with Crippen molar-refractivity contribution in [3.63, 3.8) is 0 Å². The maximum absolute atomic E-state index is 10.5. The zero-order valence-electron chi connectivity index (χ0n) is 9.87. The minimum Gasteiger partial charge on any atom is -0.394 e. The fraction of sp³-hybridized carbons (Fsp3) is 0.455. The van der Waals surface area contributed by atoms with Crippen molar-refractivity contribution in [2.75, 3.05) is 6.61 Å². The molecule has 0 aliphatic carbocycles. The molecule has 0 aromatic heterocycles. The lowest BCUT2D eigenvalue weighted by atomic mass is 10.2. The van der Waals surface area contributed by atoms with Crippen molar-refractivity contribution in [3.8, 4) is 0 Å². The molecular weight excluding hydrogens is 244 g/mol. The summed E-state index contributed by atoms with van der Waals surface area (Å²) >= 11 is 0. The van der Waals surface area contributed by atoms with E-state index in [9.17, 15) is 8.42 Å². The molecule has 5 nitrogen and oxygen atoms in total. The van der Waals surface area contributed by atoms with Gasteiger partial charge in [0.25, 0.3) is 10.1 Å². The average Bonchev–Trinajstić information content (AvgIpc) is 2.28. The largest absolute Gasteiger partial charge is 0.394 e. The SMILES string of the molecule is CCC(O)CO.Cc1ccc(S(=O)(=O)O)cc1. The second-order valence-corrected chi connectivity index (χ2v) is 4.95. The van der Waals surface area contributed by atoms with Gasteiger partial charge in [0.1, 0.15) is 0 Å². The average molecular weight is 262 g/mol. The van der Waals surface area contributed by atoms with Crippen molar-refractivity contribution in [3.05, 3.63) is 29.8 Å². The van der Waals surface area contributed by atoms with Crippen molar-refractivity contribution in [1.82, 2.24) is 0 Å². The van der Waals surface area contributed by atoms with Crippen LogP contribution in [-0.2, 0) is 10.1 Å². The van der Waals surface area contributed by atoms with Crippen molar-refractivity contribution in [2.45, 2.75) is 31.3 Å². The number of aryl methyl sites for hydroxylation is 1. The maximum atomic E-state index is 10.5. The first-order chi connectivity index (χ1) is 7.81. The lowest BCUT2D eigenvalue weighted by molar-refractivity contribution is 0.0923. The normalized spacial score (nSPS) is 12.5. The molecule has 0 aliphatic heterocycles. The Morgan fingerprint density at radius 1 is 1.24 bits per heavy atom. The molecule has 1 aromatic rings. The van der Waals surface area contributed by atoms with Crippen LogP contribution in [0.4, 0.5) is 0 Å². The molecule has 17 heavy (non-hydrogen) atoms. The van der Waals surface area contributed by atoms with Crippen LogP contribution in [0.1, 0.15) is 18.9 Å². The second kappa shape index (κ2) is 7.39. The monoisotopic (exact) mass is 262 g/mol. The number of aliphatic hydroxyl groups is 2. The highest BCUT2D eigenvalue weighted by atomic mass is 32.2. The van der Waals surface area contributed by atoms with Crippen LogP contribution in [0.25, 0.3) is 0 Å². The summed E-state index contributed by atoms with van der Waals surface area (Å²) in [5.74, 6) is 0. The summed E-state index contributed by atoms with van der Waals surface area (Å²) in [6.45, 7) is 3.55. The third-order valence-corrected chi connectivity index (χ3v) is 2.87. The van der Waals surface area contributed by atoms with Gasteiger partial charge in [-0.05, 0) is 25.5 Å². The lowest BCUT2D eigenvalue weighted by Crippen LogP contribution is -2.08. The smallest absolute Gasteiger partial charge is 0.294 e. The molecular formula is C11H18O5S. The zero-order chi connectivity index (χ0) is 13.5. The number of hydrogen-bond acceptors (Lipinski definition) is 4. The van der Waals surface area contributed by atoms with E-state index in [0.717, 1.165) is 5.56 Å². The van der Waals surface area contributed by atoms with Gasteiger partial charge in [0.2, 0.25) is 0 Å². The third-order valence-electron chi connectivity index (χ3n) is 2.00. The highest BCUT2D eigenvalue weighted by Gasteiger charge is 2.06. The quantitative estimate of drug-likeness (QED) is 0.706. The number of rotatable bonds is 3. The Morgan fingerprint density at radius 3 is 1.94 bits per heavy atom. The van der Waals surface area contributed by atoms with E-state index in [1.54, 1.807) is 12.1 Å². The van der Waals surface area contributed by atoms with Gasteiger partial charge in [0.15, 0.2) is 0 Å². The van der Waals surface area contributed by atoms with Gasteiger partial charge in [-0.1, -0.05) is 24.6 Å². The van der Waals surface area contributed by atoms with Gasteiger partial charge in [-0.3, -0.25) is 4.55 Å². The standard InChI is InChI=1S/C7H8O3S.C4H10O2/c1-6-2-4-7(5-3-6)11(8,9)10;1-2-4(6)3-5/h2-5H,1H3,(H,8,9,10);4-6H,2-3H2,1H3. The summed E-state index contributed by atoms with van der Waals surface area (Å²) < 4.78 is 29.6. The van der Waals surface area contributed by atoms with E-state index >= 15 is 0 Å². The molecule has 0 heterocycles. The molecule has 0 amide bonds. The number of aliphatic hydroxyl groups excluding tert-OH is 2. The summed E-state index contributed by atoms with van der Waals surface area (Å²) in [6.07, 6.45) is 0.126. The van der Waals surface area contributed by atoms with Crippen molar-refractivity contribution < 1.29 is 23.2 Å². The minimum atomic E-state index is -4.02. The first-order valence-electron chi connectivity index (χ1n) is 5.14. The highest BCUT2D eigenvalue weighted by molar-refractivity contribution is 7.85. The van der Waals surface area contributed by atoms with Gasteiger partial charge in [-0.25, -0.2) is 0 Å². The summed E-state index contributed by atoms with van der Waals surface area (Å²) in [4.78, 5) is -0.0666. The van der Waals surface area contributed by atoms with Gasteiger partial charge >= 0.3 is 0 Å². The number of hydrogen-bond donors (Lipinski definition) is 3. The van der Waals surface area contributed by atoms with Crippen LogP contribution in [-0.4, -0.2) is 35.9 Å². The first kappa shape index (κ1) is 16.1. The maximum Gasteiger partial charge on any atom is 0.294 e. The van der Waals surface area contributed by atoms with Crippen LogP contribution in [0.3, 0.4) is 0 Å². The van der Waals surface area contributed by atoms with Gasteiger partial charge in [0.05, 0.1) is 17.6 Å². The van der Waals surface area contributed by atoms with Gasteiger partial charge < -0.3 is 10.2 Å². The Labute approximate surface area is 101 Å². The Morgan fingerprint density at radius 2 is 1.71 bits per heavy atom. The fourth-order valence-corrected chi connectivity index (χ4v) is 1.32. The lowest BCUT2D eigenvalue weighted by Gasteiger charge is -1.97. The topological polar surface area (TPSA) is 94.8 Å². The summed E-state index contributed by atoms with van der Waals surface area (Å²) in [5, 5.41) is 16.5. The molecule has 1 atom stereocenters. The molecule has 0 radical (unpaired) electrons. The van der Waals surface area contributed by atoms with E-state index in [1.165, 1.54) is 12.1 Å². The first-order valence-corrected chi connectivity index (χ1v) is 6.58. The Bertz CT molecular complexity index is 406. The van der Waals surface area contributed by atoms with Crippen LogP contribution < -0.4 is 0 Å². The molecule has 98 valence electrons. The van der Waals surface area contributed by atoms with Crippen molar-refractivity contribution in [1.29, 1.82) is 0 Å². The summed E-state index contributed by atoms with van der Waals surface area (Å²) in [5.41, 5.74) is 0.956. The van der Waals surface area contributed by atoms with Crippen molar-refractivity contribution in [2.24, 2.45) is 0 Å². The van der Waals surface area contributed by atoms with Crippen LogP contribution in [0.5, 0.6) is 0 Å². The molecule has 1 aromatic carbocycles. The van der Waals surface area contributed by atoms with E-state index in [1.807, 2.05) is 13.8 Å². The predicted molar refractivity (Wildman–Crippen MR) is 64.4 cm³/mol. The molecule has 0 aliphatic rings. The van der Waals surface area contributed by atoms with Crippen LogP contribution in [0, 0.1) is 6.92 Å².